The van der Waals surface area contributed by atoms with Crippen molar-refractivity contribution in [3.8, 4) is 5.75 Å². The molecule has 0 aliphatic heterocycles. The molecule has 0 saturated heterocycles. The number of carbonyl (C=O) groups excluding carboxylic acids is 1. The molecule has 1 N–H and O–H groups in total. The van der Waals surface area contributed by atoms with E-state index in [9.17, 15) is 4.79 Å². The van der Waals surface area contributed by atoms with Crippen molar-refractivity contribution in [2.45, 2.75) is 20.0 Å². The Kier molecular flexibility index (Phi) is 4.85. The number of aromatic nitrogens is 2. The number of benzene rings is 2. The molecule has 0 spiro atoms. The molecule has 6 heteroatoms. The van der Waals surface area contributed by atoms with Crippen LogP contribution in [0.2, 0.25) is 0 Å². The van der Waals surface area contributed by atoms with Gasteiger partial charge in [-0.2, -0.15) is 5.10 Å². The normalized spacial score (nSPS) is 10.8. The lowest BCUT2D eigenvalue weighted by Gasteiger charge is -2.11. The van der Waals surface area contributed by atoms with Gasteiger partial charge in [0, 0.05) is 22.0 Å². The van der Waals surface area contributed by atoms with Crippen LogP contribution in [0.15, 0.2) is 47.1 Å². The van der Waals surface area contributed by atoms with Crippen LogP contribution in [0.3, 0.4) is 0 Å². The fourth-order valence-corrected chi connectivity index (χ4v) is 2.99. The van der Waals surface area contributed by atoms with Crippen molar-refractivity contribution >= 4 is 32.7 Å². The third-order valence-corrected chi connectivity index (χ3v) is 4.31. The molecule has 24 heavy (non-hydrogen) atoms. The zero-order valence-corrected chi connectivity index (χ0v) is 15.1. The summed E-state index contributed by atoms with van der Waals surface area (Å²) < 4.78 is 7.98. The smallest absolute Gasteiger partial charge is 0.242 e. The maximum atomic E-state index is 12.3. The van der Waals surface area contributed by atoms with Crippen LogP contribution in [0.5, 0.6) is 5.75 Å². The molecule has 124 valence electrons. The highest BCUT2D eigenvalue weighted by molar-refractivity contribution is 9.10. The fourth-order valence-electron chi connectivity index (χ4n) is 2.58. The summed E-state index contributed by atoms with van der Waals surface area (Å²) in [5, 5.41) is 8.25. The summed E-state index contributed by atoms with van der Waals surface area (Å²) in [6.07, 6.45) is 1.78. The monoisotopic (exact) mass is 387 g/mol. The van der Waals surface area contributed by atoms with E-state index in [0.717, 1.165) is 32.3 Å². The quantitative estimate of drug-likeness (QED) is 0.729. The number of methoxy groups -OCH3 is 1. The summed E-state index contributed by atoms with van der Waals surface area (Å²) in [4.78, 5) is 12.3. The number of nitrogens with one attached hydrogen (secondary N) is 1. The molecule has 0 saturated carbocycles. The van der Waals surface area contributed by atoms with Crippen molar-refractivity contribution in [1.29, 1.82) is 0 Å². The van der Waals surface area contributed by atoms with Crippen LogP contribution in [0.25, 0.3) is 10.9 Å². The first-order valence-corrected chi connectivity index (χ1v) is 8.37. The summed E-state index contributed by atoms with van der Waals surface area (Å²) >= 11 is 3.43. The van der Waals surface area contributed by atoms with Gasteiger partial charge < -0.3 is 10.1 Å². The number of rotatable bonds is 5. The standard InChI is InChI=1S/C18H18BrN3O2/c1-12-3-4-13-10-21-22(16(13)7-12)11-18(23)20-9-14-8-15(19)5-6-17(14)24-2/h3-8,10H,9,11H2,1-2H3,(H,20,23). The fraction of sp³-hybridized carbons (Fsp3) is 0.222. The zero-order chi connectivity index (χ0) is 17.1. The van der Waals surface area contributed by atoms with Gasteiger partial charge in [-0.3, -0.25) is 9.48 Å². The van der Waals surface area contributed by atoms with Gasteiger partial charge in [0.15, 0.2) is 0 Å². The predicted molar refractivity (Wildman–Crippen MR) is 97.0 cm³/mol. The molecule has 2 aromatic carbocycles. The molecule has 0 atom stereocenters. The second-order valence-corrected chi connectivity index (χ2v) is 6.51. The van der Waals surface area contributed by atoms with Crippen LogP contribution < -0.4 is 10.1 Å². The highest BCUT2D eigenvalue weighted by atomic mass is 79.9. The number of aryl methyl sites for hydroxylation is 1. The third-order valence-electron chi connectivity index (χ3n) is 3.81. The van der Waals surface area contributed by atoms with E-state index in [1.807, 2.05) is 43.3 Å². The summed E-state index contributed by atoms with van der Waals surface area (Å²) in [6.45, 7) is 2.61. The van der Waals surface area contributed by atoms with Crippen molar-refractivity contribution in [2.75, 3.05) is 7.11 Å². The van der Waals surface area contributed by atoms with E-state index in [4.69, 9.17) is 4.74 Å². The van der Waals surface area contributed by atoms with Crippen LogP contribution in [0, 0.1) is 6.92 Å². The predicted octanol–water partition coefficient (Wildman–Crippen LogP) is 3.43. The third kappa shape index (κ3) is 3.59. The topological polar surface area (TPSA) is 56.1 Å². The molecule has 0 aliphatic carbocycles. The van der Waals surface area contributed by atoms with Crippen LogP contribution in [-0.2, 0) is 17.9 Å². The summed E-state index contributed by atoms with van der Waals surface area (Å²) in [6, 6.07) is 11.8. The number of carbonyl (C=O) groups is 1. The second kappa shape index (κ2) is 7.05. The number of hydrogen-bond donors (Lipinski definition) is 1. The van der Waals surface area contributed by atoms with Gasteiger partial charge in [0.25, 0.3) is 0 Å². The Labute approximate surface area is 148 Å². The average molecular weight is 388 g/mol. The highest BCUT2D eigenvalue weighted by Gasteiger charge is 2.10. The van der Waals surface area contributed by atoms with E-state index in [1.165, 1.54) is 0 Å². The minimum Gasteiger partial charge on any atom is -0.496 e. The summed E-state index contributed by atoms with van der Waals surface area (Å²) in [5.74, 6) is 0.655. The molecule has 0 aliphatic rings. The Balaban J connectivity index is 1.69. The summed E-state index contributed by atoms with van der Waals surface area (Å²) in [5.41, 5.74) is 3.02. The van der Waals surface area contributed by atoms with Gasteiger partial charge in [-0.05, 0) is 36.8 Å². The van der Waals surface area contributed by atoms with Gasteiger partial charge in [0.2, 0.25) is 5.91 Å². The molecular formula is C18H18BrN3O2. The van der Waals surface area contributed by atoms with Gasteiger partial charge in [-0.25, -0.2) is 0 Å². The van der Waals surface area contributed by atoms with Crippen LogP contribution in [0.4, 0.5) is 0 Å². The van der Waals surface area contributed by atoms with Crippen molar-refractivity contribution in [3.63, 3.8) is 0 Å². The van der Waals surface area contributed by atoms with E-state index in [2.05, 4.69) is 26.3 Å². The Hall–Kier alpha value is -2.34. The summed E-state index contributed by atoms with van der Waals surface area (Å²) in [7, 11) is 1.62. The first kappa shape index (κ1) is 16.5. The minimum absolute atomic E-state index is 0.0939. The SMILES string of the molecule is COc1ccc(Br)cc1CNC(=O)Cn1ncc2ccc(C)cc21. The van der Waals surface area contributed by atoms with Gasteiger partial charge >= 0.3 is 0 Å². The Morgan fingerprint density at radius 1 is 1.29 bits per heavy atom. The van der Waals surface area contributed by atoms with Crippen LogP contribution >= 0.6 is 15.9 Å². The van der Waals surface area contributed by atoms with Gasteiger partial charge in [0.05, 0.1) is 18.8 Å². The first-order chi connectivity index (χ1) is 11.6. The first-order valence-electron chi connectivity index (χ1n) is 7.58. The Morgan fingerprint density at radius 3 is 2.92 bits per heavy atom. The zero-order valence-electron chi connectivity index (χ0n) is 13.5. The molecule has 0 unspecified atom stereocenters. The number of fused-ring (bicyclic) bond motifs is 1. The van der Waals surface area contributed by atoms with Crippen molar-refractivity contribution < 1.29 is 9.53 Å². The maximum Gasteiger partial charge on any atom is 0.242 e. The van der Waals surface area contributed by atoms with Gasteiger partial charge in [-0.1, -0.05) is 28.1 Å². The van der Waals surface area contributed by atoms with Crippen LogP contribution in [0.1, 0.15) is 11.1 Å². The van der Waals surface area contributed by atoms with Crippen molar-refractivity contribution in [3.05, 3.63) is 58.2 Å². The number of amides is 1. The second-order valence-electron chi connectivity index (χ2n) is 5.60. The number of hydrogen-bond acceptors (Lipinski definition) is 3. The van der Waals surface area contributed by atoms with E-state index >= 15 is 0 Å². The average Bonchev–Trinajstić information content (AvgIpc) is 2.95. The number of ether oxygens (including phenoxy) is 1. The molecule has 0 bridgehead atoms. The molecule has 1 heterocycles. The maximum absolute atomic E-state index is 12.3. The van der Waals surface area contributed by atoms with E-state index < -0.39 is 0 Å². The Bertz CT molecular complexity index is 889. The minimum atomic E-state index is -0.0939. The van der Waals surface area contributed by atoms with Crippen LogP contribution in [-0.4, -0.2) is 22.8 Å². The van der Waals surface area contributed by atoms with Gasteiger partial charge in [-0.15, -0.1) is 0 Å². The van der Waals surface area contributed by atoms with Gasteiger partial charge in [0.1, 0.15) is 12.3 Å². The number of halogens is 1. The molecule has 1 amide bonds. The van der Waals surface area contributed by atoms with E-state index in [1.54, 1.807) is 18.0 Å². The molecule has 1 aromatic heterocycles. The molecular weight excluding hydrogens is 370 g/mol. The van der Waals surface area contributed by atoms with E-state index in [-0.39, 0.29) is 12.5 Å². The molecule has 0 fully saturated rings. The largest absolute Gasteiger partial charge is 0.496 e. The lowest BCUT2D eigenvalue weighted by molar-refractivity contribution is -0.121. The molecule has 5 nitrogen and oxygen atoms in total. The lowest BCUT2D eigenvalue weighted by Crippen LogP contribution is -2.27. The van der Waals surface area contributed by atoms with Crippen molar-refractivity contribution in [2.24, 2.45) is 0 Å². The molecule has 3 aromatic rings. The van der Waals surface area contributed by atoms with Crippen molar-refractivity contribution in [1.82, 2.24) is 15.1 Å². The Morgan fingerprint density at radius 2 is 2.12 bits per heavy atom. The molecule has 0 radical (unpaired) electrons. The number of nitrogens with zero attached hydrogens (tertiary/aromatic N) is 2. The molecule has 3 rings (SSSR count). The highest BCUT2D eigenvalue weighted by Crippen LogP contribution is 2.22. The van der Waals surface area contributed by atoms with E-state index in [0.29, 0.717) is 6.54 Å². The lowest BCUT2D eigenvalue weighted by atomic mass is 10.2.